The van der Waals surface area contributed by atoms with Crippen LogP contribution in [0.3, 0.4) is 0 Å². The largest absolute Gasteiger partial charge is 0.383 e. The molecule has 0 aliphatic carbocycles. The van der Waals surface area contributed by atoms with Crippen LogP contribution in [0.2, 0.25) is 0 Å². The molecule has 0 radical (unpaired) electrons. The number of aromatic nitrogens is 1. The molecule has 3 heteroatoms. The van der Waals surface area contributed by atoms with Gasteiger partial charge < -0.3 is 5.73 Å². The molecule has 0 bridgehead atoms. The Balaban J connectivity index is 2.89. The molecule has 0 fully saturated rings. The Bertz CT molecular complexity index is 506. The van der Waals surface area contributed by atoms with Gasteiger partial charge in [0.2, 0.25) is 0 Å². The number of nitrogens with two attached hydrogens (primary N) is 1. The first-order chi connectivity index (χ1) is 6.58. The summed E-state index contributed by atoms with van der Waals surface area (Å²) in [4.78, 5) is 4.35. The van der Waals surface area contributed by atoms with Crippen LogP contribution in [-0.2, 0) is 0 Å². The normalized spacial score (nSPS) is 10.8. The van der Waals surface area contributed by atoms with Crippen molar-refractivity contribution in [3.8, 4) is 0 Å². The maximum absolute atomic E-state index is 5.73. The van der Waals surface area contributed by atoms with E-state index >= 15 is 0 Å². The molecule has 2 nitrogen and oxygen atoms in total. The summed E-state index contributed by atoms with van der Waals surface area (Å²) in [5, 5.41) is 1.13. The molecule has 2 aromatic rings. The van der Waals surface area contributed by atoms with Gasteiger partial charge in [-0.25, -0.2) is 4.98 Å². The number of nitrogen functional groups attached to an aromatic ring is 1. The first-order valence-electron chi connectivity index (χ1n) is 4.41. The zero-order chi connectivity index (χ0) is 10.3. The van der Waals surface area contributed by atoms with Gasteiger partial charge in [-0.3, -0.25) is 0 Å². The van der Waals surface area contributed by atoms with E-state index in [1.807, 2.05) is 6.07 Å². The third-order valence-corrected chi connectivity index (χ3v) is 2.87. The van der Waals surface area contributed by atoms with E-state index in [9.17, 15) is 0 Å². The molecule has 0 atom stereocenters. The lowest BCUT2D eigenvalue weighted by atomic mass is 10.1. The van der Waals surface area contributed by atoms with Crippen LogP contribution in [0, 0.1) is 13.8 Å². The molecule has 1 aromatic carbocycles. The summed E-state index contributed by atoms with van der Waals surface area (Å²) in [7, 11) is 0. The van der Waals surface area contributed by atoms with Crippen LogP contribution < -0.4 is 5.73 Å². The molecule has 0 unspecified atom stereocenters. The molecular weight excluding hydrogens is 240 g/mol. The minimum absolute atomic E-state index is 0.546. The van der Waals surface area contributed by atoms with Crippen molar-refractivity contribution in [2.24, 2.45) is 0 Å². The van der Waals surface area contributed by atoms with Crippen molar-refractivity contribution in [2.75, 3.05) is 5.73 Å². The van der Waals surface area contributed by atoms with Crippen LogP contribution in [0.1, 0.15) is 11.1 Å². The van der Waals surface area contributed by atoms with Crippen molar-refractivity contribution in [2.45, 2.75) is 13.8 Å². The van der Waals surface area contributed by atoms with Crippen molar-refractivity contribution < 1.29 is 0 Å². The number of aryl methyl sites for hydroxylation is 2. The number of fused-ring (bicyclic) bond motifs is 1. The fourth-order valence-electron chi connectivity index (χ4n) is 1.64. The smallest absolute Gasteiger partial charge is 0.138 e. The molecule has 1 heterocycles. The highest BCUT2D eigenvalue weighted by molar-refractivity contribution is 9.10. The lowest BCUT2D eigenvalue weighted by molar-refractivity contribution is 1.33. The van der Waals surface area contributed by atoms with Crippen LogP contribution in [0.4, 0.5) is 5.82 Å². The quantitative estimate of drug-likeness (QED) is 0.780. The predicted octanol–water partition coefficient (Wildman–Crippen LogP) is 3.20. The van der Waals surface area contributed by atoms with Gasteiger partial charge >= 0.3 is 0 Å². The highest BCUT2D eigenvalue weighted by atomic mass is 79.9. The van der Waals surface area contributed by atoms with Gasteiger partial charge in [0.25, 0.3) is 0 Å². The summed E-state index contributed by atoms with van der Waals surface area (Å²) in [5.41, 5.74) is 9.13. The van der Waals surface area contributed by atoms with Gasteiger partial charge in [0.15, 0.2) is 0 Å². The van der Waals surface area contributed by atoms with Crippen LogP contribution >= 0.6 is 15.9 Å². The van der Waals surface area contributed by atoms with Crippen LogP contribution in [0.15, 0.2) is 22.7 Å². The highest BCUT2D eigenvalue weighted by Crippen LogP contribution is 2.25. The first kappa shape index (κ1) is 9.46. The van der Waals surface area contributed by atoms with Crippen molar-refractivity contribution in [1.82, 2.24) is 4.98 Å². The van der Waals surface area contributed by atoms with Gasteiger partial charge in [0.05, 0.1) is 9.99 Å². The molecule has 2 rings (SSSR count). The van der Waals surface area contributed by atoms with E-state index in [-0.39, 0.29) is 0 Å². The predicted molar refractivity (Wildman–Crippen MR) is 63.3 cm³/mol. The van der Waals surface area contributed by atoms with Crippen LogP contribution in [0.5, 0.6) is 0 Å². The fourth-order valence-corrected chi connectivity index (χ4v) is 1.98. The fraction of sp³-hybridized carbons (Fsp3) is 0.182. The Kier molecular flexibility index (Phi) is 2.19. The van der Waals surface area contributed by atoms with Crippen molar-refractivity contribution in [3.05, 3.63) is 33.8 Å². The summed E-state index contributed by atoms with van der Waals surface area (Å²) in [6.07, 6.45) is 0. The van der Waals surface area contributed by atoms with Crippen LogP contribution in [0.25, 0.3) is 10.9 Å². The molecule has 0 saturated carbocycles. The second-order valence-electron chi connectivity index (χ2n) is 3.51. The van der Waals surface area contributed by atoms with E-state index in [4.69, 9.17) is 5.73 Å². The molecular formula is C11H11BrN2. The van der Waals surface area contributed by atoms with E-state index in [0.29, 0.717) is 5.82 Å². The topological polar surface area (TPSA) is 38.9 Å². The van der Waals surface area contributed by atoms with Crippen LogP contribution in [-0.4, -0.2) is 4.98 Å². The number of halogens is 1. The number of hydrogen-bond donors (Lipinski definition) is 1. The zero-order valence-electron chi connectivity index (χ0n) is 8.13. The number of nitrogens with zero attached hydrogens (tertiary/aromatic N) is 1. The number of pyridine rings is 1. The maximum atomic E-state index is 5.73. The summed E-state index contributed by atoms with van der Waals surface area (Å²) >= 11 is 3.38. The Hall–Kier alpha value is -1.09. The third-order valence-electron chi connectivity index (χ3n) is 2.23. The summed E-state index contributed by atoms with van der Waals surface area (Å²) < 4.78 is 0.856. The zero-order valence-corrected chi connectivity index (χ0v) is 9.72. The Labute approximate surface area is 91.3 Å². The molecule has 0 spiro atoms. The van der Waals surface area contributed by atoms with E-state index in [2.05, 4.69) is 46.9 Å². The molecule has 0 amide bonds. The monoisotopic (exact) mass is 250 g/mol. The minimum atomic E-state index is 0.546. The molecule has 0 aliphatic rings. The van der Waals surface area contributed by atoms with Gasteiger partial charge in [-0.15, -0.1) is 0 Å². The van der Waals surface area contributed by atoms with Gasteiger partial charge in [-0.2, -0.15) is 0 Å². The van der Waals surface area contributed by atoms with Gasteiger partial charge in [0, 0.05) is 5.39 Å². The summed E-state index contributed by atoms with van der Waals surface area (Å²) in [5.74, 6) is 0.546. The minimum Gasteiger partial charge on any atom is -0.383 e. The standard InChI is InChI=1S/C11H11BrN2/c1-6-3-7(2)10-8(4-6)5-9(12)11(13)14-10/h3-5H,1-2H3,(H2,13,14). The number of benzene rings is 1. The molecule has 14 heavy (non-hydrogen) atoms. The van der Waals surface area contributed by atoms with Gasteiger partial charge in [0.1, 0.15) is 5.82 Å². The van der Waals surface area contributed by atoms with Crippen molar-refractivity contribution in [1.29, 1.82) is 0 Å². The first-order valence-corrected chi connectivity index (χ1v) is 5.20. The lowest BCUT2D eigenvalue weighted by Gasteiger charge is -2.05. The molecule has 2 N–H and O–H groups in total. The lowest BCUT2D eigenvalue weighted by Crippen LogP contribution is -1.94. The van der Waals surface area contributed by atoms with E-state index in [0.717, 1.165) is 15.4 Å². The van der Waals surface area contributed by atoms with Gasteiger partial charge in [-0.05, 0) is 47.5 Å². The Morgan fingerprint density at radius 3 is 2.64 bits per heavy atom. The van der Waals surface area contributed by atoms with E-state index in [1.54, 1.807) is 0 Å². The number of anilines is 1. The Morgan fingerprint density at radius 2 is 1.93 bits per heavy atom. The van der Waals surface area contributed by atoms with Gasteiger partial charge in [-0.1, -0.05) is 11.6 Å². The van der Waals surface area contributed by atoms with E-state index in [1.165, 1.54) is 11.1 Å². The maximum Gasteiger partial charge on any atom is 0.138 e. The SMILES string of the molecule is Cc1cc(C)c2nc(N)c(Br)cc2c1. The van der Waals surface area contributed by atoms with Crippen molar-refractivity contribution in [3.63, 3.8) is 0 Å². The second kappa shape index (κ2) is 3.24. The van der Waals surface area contributed by atoms with E-state index < -0.39 is 0 Å². The third kappa shape index (κ3) is 1.48. The molecule has 0 saturated heterocycles. The molecule has 1 aromatic heterocycles. The second-order valence-corrected chi connectivity index (χ2v) is 4.36. The average molecular weight is 251 g/mol. The summed E-state index contributed by atoms with van der Waals surface area (Å²) in [6, 6.07) is 6.24. The van der Waals surface area contributed by atoms with Crippen molar-refractivity contribution >= 4 is 32.7 Å². The highest BCUT2D eigenvalue weighted by Gasteiger charge is 2.04. The molecule has 72 valence electrons. The average Bonchev–Trinajstić information content (AvgIpc) is 2.08. The molecule has 0 aliphatic heterocycles. The number of hydrogen-bond acceptors (Lipinski definition) is 2. The number of rotatable bonds is 0. The summed E-state index contributed by atoms with van der Waals surface area (Å²) in [6.45, 7) is 4.13. The Morgan fingerprint density at radius 1 is 1.21 bits per heavy atom.